The number of aliphatic hydroxyl groups excluding tert-OH is 1. The van der Waals surface area contributed by atoms with E-state index in [2.05, 4.69) is 20.6 Å². The molecule has 3 N–H and O–H groups in total. The Hall–Kier alpha value is -2.84. The molecule has 1 fully saturated rings. The summed E-state index contributed by atoms with van der Waals surface area (Å²) in [7, 11) is 0. The zero-order valence-electron chi connectivity index (χ0n) is 16.2. The summed E-state index contributed by atoms with van der Waals surface area (Å²) >= 11 is 0. The van der Waals surface area contributed by atoms with E-state index in [0.717, 1.165) is 12.0 Å². The van der Waals surface area contributed by atoms with E-state index in [-0.39, 0.29) is 37.0 Å². The minimum atomic E-state index is -0.538. The van der Waals surface area contributed by atoms with Crippen LogP contribution in [0.2, 0.25) is 0 Å². The summed E-state index contributed by atoms with van der Waals surface area (Å²) in [6.07, 6.45) is 7.99. The molecule has 0 aromatic carbocycles. The van der Waals surface area contributed by atoms with Gasteiger partial charge in [0.15, 0.2) is 0 Å². The van der Waals surface area contributed by atoms with Crippen molar-refractivity contribution in [2.75, 3.05) is 13.2 Å². The third kappa shape index (κ3) is 6.33. The molecule has 8 heteroatoms. The third-order valence-corrected chi connectivity index (χ3v) is 4.95. The highest BCUT2D eigenvalue weighted by Gasteiger charge is 2.33. The first-order valence-corrected chi connectivity index (χ1v) is 9.78. The number of ether oxygens (including phenoxy) is 1. The molecule has 0 spiro atoms. The maximum Gasteiger partial charge on any atom is 0.251 e. The molecule has 154 valence electrons. The summed E-state index contributed by atoms with van der Waals surface area (Å²) < 4.78 is 5.87. The number of hydrogen-bond donors (Lipinski definition) is 3. The number of rotatable bonds is 8. The molecule has 8 nitrogen and oxygen atoms in total. The highest BCUT2D eigenvalue weighted by atomic mass is 16.5. The lowest BCUT2D eigenvalue weighted by Gasteiger charge is -2.36. The van der Waals surface area contributed by atoms with Crippen LogP contribution in [0.15, 0.2) is 49.1 Å². The fourth-order valence-electron chi connectivity index (χ4n) is 3.38. The van der Waals surface area contributed by atoms with Gasteiger partial charge in [0, 0.05) is 36.9 Å². The fourth-order valence-corrected chi connectivity index (χ4v) is 3.38. The lowest BCUT2D eigenvalue weighted by atomic mass is 9.96. The van der Waals surface area contributed by atoms with Gasteiger partial charge in [0.1, 0.15) is 6.10 Å². The van der Waals surface area contributed by atoms with Crippen LogP contribution in [-0.2, 0) is 16.0 Å². The van der Waals surface area contributed by atoms with Crippen molar-refractivity contribution in [3.05, 3.63) is 60.2 Å². The van der Waals surface area contributed by atoms with E-state index in [1.165, 1.54) is 0 Å². The highest BCUT2D eigenvalue weighted by molar-refractivity contribution is 5.94. The predicted octanol–water partition coefficient (Wildman–Crippen LogP) is 0.864. The second kappa shape index (κ2) is 10.6. The molecule has 2 aromatic rings. The topological polar surface area (TPSA) is 113 Å². The molecule has 0 aliphatic carbocycles. The zero-order chi connectivity index (χ0) is 20.5. The number of carbonyl (C=O) groups excluding carboxylic acids is 2. The van der Waals surface area contributed by atoms with Crippen LogP contribution in [-0.4, -0.2) is 58.3 Å². The monoisotopic (exact) mass is 398 g/mol. The standard InChI is InChI=1S/C21H26N4O4/c26-14-19-18(25-21(28)16-6-10-23-11-7-16)2-1-17(29-19)13-20(27)24-12-5-15-3-8-22-9-4-15/h3-4,6-11,17-19,26H,1-2,5,12-14H2,(H,24,27)(H,25,28)/t17-,18+,19-/m0/s1. The van der Waals surface area contributed by atoms with Crippen molar-refractivity contribution in [2.45, 2.75) is 43.9 Å². The van der Waals surface area contributed by atoms with E-state index in [0.29, 0.717) is 24.9 Å². The van der Waals surface area contributed by atoms with Gasteiger partial charge in [-0.25, -0.2) is 0 Å². The third-order valence-electron chi connectivity index (χ3n) is 4.95. The van der Waals surface area contributed by atoms with E-state index >= 15 is 0 Å². The van der Waals surface area contributed by atoms with Crippen LogP contribution in [0.4, 0.5) is 0 Å². The van der Waals surface area contributed by atoms with Gasteiger partial charge >= 0.3 is 0 Å². The van der Waals surface area contributed by atoms with E-state index in [9.17, 15) is 14.7 Å². The molecular formula is C21H26N4O4. The van der Waals surface area contributed by atoms with Crippen molar-refractivity contribution in [3.63, 3.8) is 0 Å². The predicted molar refractivity (Wildman–Crippen MR) is 106 cm³/mol. The molecule has 2 amide bonds. The summed E-state index contributed by atoms with van der Waals surface area (Å²) in [5, 5.41) is 15.5. The van der Waals surface area contributed by atoms with E-state index < -0.39 is 6.10 Å². The van der Waals surface area contributed by atoms with Gasteiger partial charge in [-0.05, 0) is 49.1 Å². The average molecular weight is 398 g/mol. The Kier molecular flexibility index (Phi) is 7.66. The molecule has 1 aliphatic rings. The van der Waals surface area contributed by atoms with E-state index in [1.807, 2.05) is 12.1 Å². The summed E-state index contributed by atoms with van der Waals surface area (Å²) in [6.45, 7) is 0.324. The summed E-state index contributed by atoms with van der Waals surface area (Å²) in [5.41, 5.74) is 1.62. The van der Waals surface area contributed by atoms with Gasteiger partial charge < -0.3 is 20.5 Å². The molecule has 0 unspecified atom stereocenters. The Morgan fingerprint density at radius 2 is 1.76 bits per heavy atom. The van der Waals surface area contributed by atoms with E-state index in [1.54, 1.807) is 36.9 Å². The normalized spacial score (nSPS) is 21.3. The maximum atomic E-state index is 12.3. The van der Waals surface area contributed by atoms with Crippen LogP contribution in [0.5, 0.6) is 0 Å². The number of amides is 2. The Labute approximate surface area is 169 Å². The summed E-state index contributed by atoms with van der Waals surface area (Å²) in [4.78, 5) is 32.4. The Bertz CT molecular complexity index is 788. The first-order chi connectivity index (χ1) is 14.2. The molecule has 0 bridgehead atoms. The molecule has 3 atom stereocenters. The van der Waals surface area contributed by atoms with Crippen molar-refractivity contribution >= 4 is 11.8 Å². The van der Waals surface area contributed by atoms with Crippen LogP contribution in [0.1, 0.15) is 35.2 Å². The van der Waals surface area contributed by atoms with Crippen LogP contribution >= 0.6 is 0 Å². The average Bonchev–Trinajstić information content (AvgIpc) is 2.76. The van der Waals surface area contributed by atoms with Gasteiger partial charge in [-0.3, -0.25) is 19.6 Å². The van der Waals surface area contributed by atoms with Crippen molar-refractivity contribution in [1.82, 2.24) is 20.6 Å². The van der Waals surface area contributed by atoms with Gasteiger partial charge in [-0.1, -0.05) is 0 Å². The number of aromatic nitrogens is 2. The van der Waals surface area contributed by atoms with Crippen LogP contribution < -0.4 is 10.6 Å². The lowest BCUT2D eigenvalue weighted by molar-refractivity contribution is -0.130. The van der Waals surface area contributed by atoms with Gasteiger partial charge in [0.05, 0.1) is 25.2 Å². The molecule has 2 aromatic heterocycles. The SMILES string of the molecule is O=C(C[C@@H]1CC[C@@H](NC(=O)c2ccncc2)[C@H](CO)O1)NCCc1ccncc1. The van der Waals surface area contributed by atoms with Gasteiger partial charge in [-0.15, -0.1) is 0 Å². The van der Waals surface area contributed by atoms with Crippen LogP contribution in [0.3, 0.4) is 0 Å². The van der Waals surface area contributed by atoms with Crippen molar-refractivity contribution in [3.8, 4) is 0 Å². The molecule has 3 heterocycles. The first-order valence-electron chi connectivity index (χ1n) is 9.78. The molecule has 1 aliphatic heterocycles. The Balaban J connectivity index is 1.42. The van der Waals surface area contributed by atoms with Crippen molar-refractivity contribution in [2.24, 2.45) is 0 Å². The number of carbonyl (C=O) groups is 2. The molecule has 0 saturated carbocycles. The van der Waals surface area contributed by atoms with Crippen LogP contribution in [0, 0.1) is 0 Å². The quantitative estimate of drug-likeness (QED) is 0.608. The van der Waals surface area contributed by atoms with Crippen LogP contribution in [0.25, 0.3) is 0 Å². The molecule has 3 rings (SSSR count). The minimum absolute atomic E-state index is 0.0833. The van der Waals surface area contributed by atoms with Gasteiger partial charge in [-0.2, -0.15) is 0 Å². The summed E-state index contributed by atoms with van der Waals surface area (Å²) in [6, 6.07) is 6.80. The fraction of sp³-hybridized carbons (Fsp3) is 0.429. The second-order valence-electron chi connectivity index (χ2n) is 7.03. The molecule has 0 radical (unpaired) electrons. The summed E-state index contributed by atoms with van der Waals surface area (Å²) in [5.74, 6) is -0.313. The Morgan fingerprint density at radius 1 is 1.07 bits per heavy atom. The smallest absolute Gasteiger partial charge is 0.251 e. The van der Waals surface area contributed by atoms with Crippen molar-refractivity contribution < 1.29 is 19.4 Å². The number of pyridine rings is 2. The minimum Gasteiger partial charge on any atom is -0.394 e. The lowest BCUT2D eigenvalue weighted by Crippen LogP contribution is -2.51. The number of nitrogens with one attached hydrogen (secondary N) is 2. The second-order valence-corrected chi connectivity index (χ2v) is 7.03. The van der Waals surface area contributed by atoms with Gasteiger partial charge in [0.2, 0.25) is 5.91 Å². The van der Waals surface area contributed by atoms with Gasteiger partial charge in [0.25, 0.3) is 5.91 Å². The largest absolute Gasteiger partial charge is 0.394 e. The maximum absolute atomic E-state index is 12.3. The first kappa shape index (κ1) is 20.9. The molecule has 1 saturated heterocycles. The number of nitrogens with zero attached hydrogens (tertiary/aromatic N) is 2. The highest BCUT2D eigenvalue weighted by Crippen LogP contribution is 2.22. The zero-order valence-corrected chi connectivity index (χ0v) is 16.2. The number of aliphatic hydroxyl groups is 1. The van der Waals surface area contributed by atoms with E-state index in [4.69, 9.17) is 4.74 Å². The molecule has 29 heavy (non-hydrogen) atoms. The number of hydrogen-bond acceptors (Lipinski definition) is 6. The Morgan fingerprint density at radius 3 is 2.45 bits per heavy atom. The van der Waals surface area contributed by atoms with Crippen molar-refractivity contribution in [1.29, 1.82) is 0 Å². The molecular weight excluding hydrogens is 372 g/mol.